The number of halogens is 4. The monoisotopic (exact) mass is 345 g/mol. The van der Waals surface area contributed by atoms with E-state index in [-0.39, 0.29) is 17.4 Å². The Morgan fingerprint density at radius 1 is 1.26 bits per heavy atom. The largest absolute Gasteiger partial charge is 0.381 e. The van der Waals surface area contributed by atoms with Crippen LogP contribution in [0.1, 0.15) is 11.1 Å². The Kier molecular flexibility index (Phi) is 4.42. The van der Waals surface area contributed by atoms with E-state index >= 15 is 0 Å². The Morgan fingerprint density at radius 2 is 2.00 bits per heavy atom. The first kappa shape index (κ1) is 14.3. The Labute approximate surface area is 123 Å². The van der Waals surface area contributed by atoms with Crippen molar-refractivity contribution in [2.45, 2.75) is 13.5 Å². The molecule has 0 aliphatic heterocycles. The third kappa shape index (κ3) is 3.25. The van der Waals surface area contributed by atoms with Crippen LogP contribution >= 0.6 is 27.5 Å². The molecule has 0 aliphatic rings. The number of nitrogens with one attached hydrogen (secondary N) is 1. The van der Waals surface area contributed by atoms with E-state index in [2.05, 4.69) is 21.2 Å². The molecule has 0 atom stereocenters. The summed E-state index contributed by atoms with van der Waals surface area (Å²) in [4.78, 5) is 0. The van der Waals surface area contributed by atoms with Gasteiger partial charge < -0.3 is 5.32 Å². The van der Waals surface area contributed by atoms with E-state index in [9.17, 15) is 8.78 Å². The third-order valence-corrected chi connectivity index (χ3v) is 3.67. The van der Waals surface area contributed by atoms with Crippen LogP contribution in [0, 0.1) is 18.6 Å². The maximum absolute atomic E-state index is 13.7. The van der Waals surface area contributed by atoms with Crippen molar-refractivity contribution in [3.05, 3.63) is 62.6 Å². The molecule has 0 fully saturated rings. The van der Waals surface area contributed by atoms with E-state index in [4.69, 9.17) is 11.6 Å². The van der Waals surface area contributed by atoms with Crippen LogP contribution in [0.15, 0.2) is 34.8 Å². The van der Waals surface area contributed by atoms with Crippen LogP contribution in [-0.2, 0) is 6.54 Å². The van der Waals surface area contributed by atoms with Crippen molar-refractivity contribution in [3.8, 4) is 0 Å². The van der Waals surface area contributed by atoms with Crippen LogP contribution < -0.4 is 5.32 Å². The first-order valence-electron chi connectivity index (χ1n) is 5.61. The lowest BCUT2D eigenvalue weighted by molar-refractivity contribution is 0.613. The second-order valence-corrected chi connectivity index (χ2v) is 5.41. The van der Waals surface area contributed by atoms with Crippen LogP contribution in [0.4, 0.5) is 14.5 Å². The number of rotatable bonds is 3. The van der Waals surface area contributed by atoms with Gasteiger partial charge in [-0.05, 0) is 46.6 Å². The van der Waals surface area contributed by atoms with Crippen LogP contribution in [-0.4, -0.2) is 0 Å². The molecule has 0 unspecified atom stereocenters. The lowest BCUT2D eigenvalue weighted by Gasteiger charge is -2.11. The zero-order chi connectivity index (χ0) is 14.0. The summed E-state index contributed by atoms with van der Waals surface area (Å²) >= 11 is 8.84. The highest BCUT2D eigenvalue weighted by Gasteiger charge is 2.08. The molecule has 0 bridgehead atoms. The molecule has 0 heterocycles. The van der Waals surface area contributed by atoms with Gasteiger partial charge in [0, 0.05) is 17.8 Å². The van der Waals surface area contributed by atoms with Gasteiger partial charge in [-0.15, -0.1) is 0 Å². The van der Waals surface area contributed by atoms with Crippen LogP contribution in [0.25, 0.3) is 0 Å². The minimum Gasteiger partial charge on any atom is -0.381 e. The average Bonchev–Trinajstić information content (AvgIpc) is 2.37. The van der Waals surface area contributed by atoms with E-state index in [0.29, 0.717) is 10.0 Å². The highest BCUT2D eigenvalue weighted by molar-refractivity contribution is 9.10. The summed E-state index contributed by atoms with van der Waals surface area (Å²) in [7, 11) is 0. The summed E-state index contributed by atoms with van der Waals surface area (Å²) in [5.41, 5.74) is 1.96. The van der Waals surface area contributed by atoms with Gasteiger partial charge >= 0.3 is 0 Å². The maximum Gasteiger partial charge on any atom is 0.146 e. The molecule has 2 aromatic rings. The molecule has 0 aliphatic carbocycles. The van der Waals surface area contributed by atoms with Crippen molar-refractivity contribution in [3.63, 3.8) is 0 Å². The summed E-state index contributed by atoms with van der Waals surface area (Å²) in [5, 5.41) is 3.16. The number of hydrogen-bond acceptors (Lipinski definition) is 1. The van der Waals surface area contributed by atoms with Crippen molar-refractivity contribution in [1.29, 1.82) is 0 Å². The van der Waals surface area contributed by atoms with Crippen LogP contribution in [0.3, 0.4) is 0 Å². The van der Waals surface area contributed by atoms with Gasteiger partial charge in [-0.25, -0.2) is 8.78 Å². The lowest BCUT2D eigenvalue weighted by Crippen LogP contribution is -2.04. The molecule has 100 valence electrons. The van der Waals surface area contributed by atoms with Crippen molar-refractivity contribution >= 4 is 33.2 Å². The van der Waals surface area contributed by atoms with Crippen LogP contribution in [0.2, 0.25) is 5.02 Å². The van der Waals surface area contributed by atoms with Crippen molar-refractivity contribution in [2.75, 3.05) is 5.32 Å². The summed E-state index contributed by atoms with van der Waals surface area (Å²) in [6.07, 6.45) is 0. The van der Waals surface area contributed by atoms with Crippen molar-refractivity contribution in [1.82, 2.24) is 0 Å². The Morgan fingerprint density at radius 3 is 2.74 bits per heavy atom. The molecule has 1 nitrogen and oxygen atoms in total. The van der Waals surface area contributed by atoms with E-state index < -0.39 is 5.82 Å². The molecule has 2 rings (SSSR count). The molecule has 0 saturated carbocycles. The highest BCUT2D eigenvalue weighted by Crippen LogP contribution is 2.25. The number of hydrogen-bond donors (Lipinski definition) is 1. The molecule has 5 heteroatoms. The first-order chi connectivity index (χ1) is 8.99. The summed E-state index contributed by atoms with van der Waals surface area (Å²) in [5.74, 6) is -0.757. The Balaban J connectivity index is 2.19. The minimum absolute atomic E-state index is 0.0938. The van der Waals surface area contributed by atoms with Gasteiger partial charge in [0.2, 0.25) is 0 Å². The topological polar surface area (TPSA) is 12.0 Å². The molecular weight excluding hydrogens is 336 g/mol. The van der Waals surface area contributed by atoms with Gasteiger partial charge in [0.15, 0.2) is 0 Å². The van der Waals surface area contributed by atoms with Gasteiger partial charge in [0.1, 0.15) is 11.6 Å². The molecule has 2 aromatic carbocycles. The fourth-order valence-corrected chi connectivity index (χ4v) is 2.25. The Bertz CT molecular complexity index is 617. The second-order valence-electron chi connectivity index (χ2n) is 4.15. The van der Waals surface area contributed by atoms with Gasteiger partial charge in [-0.3, -0.25) is 0 Å². The normalized spacial score (nSPS) is 10.6. The highest BCUT2D eigenvalue weighted by atomic mass is 79.9. The van der Waals surface area contributed by atoms with Crippen molar-refractivity contribution < 1.29 is 8.78 Å². The molecule has 19 heavy (non-hydrogen) atoms. The zero-order valence-corrected chi connectivity index (χ0v) is 12.4. The molecular formula is C14H11BrClF2N. The number of anilines is 1. The van der Waals surface area contributed by atoms with Gasteiger partial charge in [0.25, 0.3) is 0 Å². The average molecular weight is 347 g/mol. The quantitative estimate of drug-likeness (QED) is 0.795. The fraction of sp³-hybridized carbons (Fsp3) is 0.143. The molecule has 0 saturated heterocycles. The van der Waals surface area contributed by atoms with Gasteiger partial charge in [-0.1, -0.05) is 23.7 Å². The summed E-state index contributed by atoms with van der Waals surface area (Å²) < 4.78 is 27.4. The fourth-order valence-electron chi connectivity index (χ4n) is 1.71. The van der Waals surface area contributed by atoms with E-state index in [1.54, 1.807) is 25.1 Å². The van der Waals surface area contributed by atoms with E-state index in [1.165, 1.54) is 12.1 Å². The SMILES string of the molecule is Cc1cc(F)c(Br)cc1NCc1cccc(Cl)c1F. The van der Waals surface area contributed by atoms with Gasteiger partial charge in [-0.2, -0.15) is 0 Å². The molecule has 0 aromatic heterocycles. The molecule has 0 amide bonds. The summed E-state index contributed by atoms with van der Waals surface area (Å²) in [6, 6.07) is 7.89. The predicted octanol–water partition coefficient (Wildman–Crippen LogP) is 5.30. The molecule has 0 spiro atoms. The van der Waals surface area contributed by atoms with Crippen LogP contribution in [0.5, 0.6) is 0 Å². The number of aryl methyl sites for hydroxylation is 1. The number of benzene rings is 2. The second kappa shape index (κ2) is 5.88. The smallest absolute Gasteiger partial charge is 0.146 e. The maximum atomic E-state index is 13.7. The minimum atomic E-state index is -0.435. The Hall–Kier alpha value is -1.13. The molecule has 1 N–H and O–H groups in total. The lowest BCUT2D eigenvalue weighted by atomic mass is 10.1. The summed E-state index contributed by atoms with van der Waals surface area (Å²) in [6.45, 7) is 2.07. The van der Waals surface area contributed by atoms with E-state index in [1.807, 2.05) is 0 Å². The van der Waals surface area contributed by atoms with Gasteiger partial charge in [0.05, 0.1) is 9.50 Å². The standard InChI is InChI=1S/C14H11BrClF2N/c1-8-5-12(17)10(15)6-13(8)19-7-9-3-2-4-11(16)14(9)18/h2-6,19H,7H2,1H3. The predicted molar refractivity (Wildman–Crippen MR) is 77.6 cm³/mol. The van der Waals surface area contributed by atoms with E-state index in [0.717, 1.165) is 11.3 Å². The molecule has 0 radical (unpaired) electrons. The zero-order valence-electron chi connectivity index (χ0n) is 10.1. The van der Waals surface area contributed by atoms with Crippen molar-refractivity contribution in [2.24, 2.45) is 0 Å². The third-order valence-electron chi connectivity index (χ3n) is 2.77. The first-order valence-corrected chi connectivity index (χ1v) is 6.78.